The zero-order valence-electron chi connectivity index (χ0n) is 9.12. The molecule has 0 saturated carbocycles. The van der Waals surface area contributed by atoms with Gasteiger partial charge in [-0.05, 0) is 0 Å². The fraction of sp³-hybridized carbons (Fsp3) is 0.444. The van der Waals surface area contributed by atoms with E-state index in [1.807, 2.05) is 10.8 Å². The van der Waals surface area contributed by atoms with Crippen molar-refractivity contribution >= 4 is 11.8 Å². The lowest BCUT2D eigenvalue weighted by Crippen LogP contribution is -2.01. The van der Waals surface area contributed by atoms with E-state index in [0.29, 0.717) is 5.16 Å². The van der Waals surface area contributed by atoms with Gasteiger partial charge in [-0.1, -0.05) is 11.8 Å². The van der Waals surface area contributed by atoms with Crippen molar-refractivity contribution in [2.24, 2.45) is 7.05 Å². The number of rotatable bonds is 5. The summed E-state index contributed by atoms with van der Waals surface area (Å²) < 4.78 is 28.1. The van der Waals surface area contributed by atoms with Crippen LogP contribution in [0.15, 0.2) is 23.9 Å². The minimum absolute atomic E-state index is 0.296. The van der Waals surface area contributed by atoms with Gasteiger partial charge in [0.05, 0.1) is 6.33 Å². The van der Waals surface area contributed by atoms with Crippen molar-refractivity contribution in [1.82, 2.24) is 24.3 Å². The highest BCUT2D eigenvalue weighted by Gasteiger charge is 2.17. The molecule has 2 heterocycles. The SMILES string of the molecule is Cn1c(SCCn2ccnc2)nnc1C(F)F. The minimum atomic E-state index is -2.59. The standard InChI is InChI=1S/C9H11F2N5S/c1-15-8(7(10)11)13-14-9(15)17-5-4-16-3-2-12-6-16/h2-3,6-7H,4-5H2,1H3. The van der Waals surface area contributed by atoms with Crippen LogP contribution in [0.3, 0.4) is 0 Å². The molecule has 8 heteroatoms. The largest absolute Gasteiger partial charge is 0.337 e. The first-order chi connectivity index (χ1) is 8.18. The summed E-state index contributed by atoms with van der Waals surface area (Å²) in [6.07, 6.45) is 2.67. The van der Waals surface area contributed by atoms with Gasteiger partial charge in [-0.15, -0.1) is 10.2 Å². The van der Waals surface area contributed by atoms with E-state index >= 15 is 0 Å². The van der Waals surface area contributed by atoms with Crippen molar-refractivity contribution in [2.75, 3.05) is 5.75 Å². The Morgan fingerprint density at radius 1 is 1.41 bits per heavy atom. The maximum Gasteiger partial charge on any atom is 0.297 e. The van der Waals surface area contributed by atoms with Gasteiger partial charge in [0.15, 0.2) is 5.16 Å². The summed E-state index contributed by atoms with van der Waals surface area (Å²) in [6, 6.07) is 0. The van der Waals surface area contributed by atoms with Crippen LogP contribution in [0, 0.1) is 0 Å². The van der Waals surface area contributed by atoms with E-state index in [4.69, 9.17) is 0 Å². The van der Waals surface area contributed by atoms with E-state index in [-0.39, 0.29) is 5.82 Å². The van der Waals surface area contributed by atoms with Crippen LogP contribution in [0.2, 0.25) is 0 Å². The zero-order chi connectivity index (χ0) is 12.3. The predicted molar refractivity (Wildman–Crippen MR) is 58.9 cm³/mol. The third-order valence-corrected chi connectivity index (χ3v) is 3.20. The average molecular weight is 259 g/mol. The summed E-state index contributed by atoms with van der Waals surface area (Å²) in [6.45, 7) is 0.752. The summed E-state index contributed by atoms with van der Waals surface area (Å²) in [5.74, 6) is 0.432. The highest BCUT2D eigenvalue weighted by molar-refractivity contribution is 7.99. The normalized spacial score (nSPS) is 11.3. The van der Waals surface area contributed by atoms with Crippen LogP contribution in [0.5, 0.6) is 0 Å². The number of hydrogen-bond donors (Lipinski definition) is 0. The van der Waals surface area contributed by atoms with E-state index < -0.39 is 6.43 Å². The zero-order valence-corrected chi connectivity index (χ0v) is 9.94. The number of aryl methyl sites for hydroxylation is 1. The molecular formula is C9H11F2N5S. The average Bonchev–Trinajstić information content (AvgIpc) is 2.89. The van der Waals surface area contributed by atoms with Crippen molar-refractivity contribution in [3.8, 4) is 0 Å². The van der Waals surface area contributed by atoms with Gasteiger partial charge in [-0.2, -0.15) is 0 Å². The van der Waals surface area contributed by atoms with Crippen molar-refractivity contribution in [3.63, 3.8) is 0 Å². The molecule has 0 N–H and O–H groups in total. The Hall–Kier alpha value is -1.44. The van der Waals surface area contributed by atoms with Gasteiger partial charge >= 0.3 is 0 Å². The topological polar surface area (TPSA) is 48.5 Å². The molecule has 17 heavy (non-hydrogen) atoms. The van der Waals surface area contributed by atoms with Gasteiger partial charge in [0.2, 0.25) is 5.82 Å². The molecule has 0 amide bonds. The summed E-state index contributed by atoms with van der Waals surface area (Å²) in [5.41, 5.74) is 0. The van der Waals surface area contributed by atoms with Gasteiger partial charge in [0, 0.05) is 31.7 Å². The van der Waals surface area contributed by atoms with Crippen LogP contribution >= 0.6 is 11.8 Å². The Labute approximate surface area is 101 Å². The predicted octanol–water partition coefficient (Wildman–Crippen LogP) is 1.74. The van der Waals surface area contributed by atoms with Crippen molar-refractivity contribution in [3.05, 3.63) is 24.5 Å². The van der Waals surface area contributed by atoms with E-state index in [1.165, 1.54) is 16.3 Å². The van der Waals surface area contributed by atoms with E-state index in [2.05, 4.69) is 15.2 Å². The van der Waals surface area contributed by atoms with Crippen molar-refractivity contribution in [2.45, 2.75) is 18.1 Å². The number of nitrogens with zero attached hydrogens (tertiary/aromatic N) is 5. The molecule has 0 atom stereocenters. The first-order valence-electron chi connectivity index (χ1n) is 4.94. The minimum Gasteiger partial charge on any atom is -0.337 e. The van der Waals surface area contributed by atoms with Crippen molar-refractivity contribution < 1.29 is 8.78 Å². The molecule has 5 nitrogen and oxygen atoms in total. The second-order valence-electron chi connectivity index (χ2n) is 3.35. The lowest BCUT2D eigenvalue weighted by Gasteiger charge is -2.03. The van der Waals surface area contributed by atoms with Crippen LogP contribution in [0.1, 0.15) is 12.2 Å². The Morgan fingerprint density at radius 3 is 2.82 bits per heavy atom. The lowest BCUT2D eigenvalue weighted by atomic mass is 10.6. The molecule has 0 unspecified atom stereocenters. The van der Waals surface area contributed by atoms with Crippen LogP contribution < -0.4 is 0 Å². The molecule has 0 fully saturated rings. The maximum atomic E-state index is 12.4. The fourth-order valence-electron chi connectivity index (χ4n) is 1.30. The number of alkyl halides is 2. The highest BCUT2D eigenvalue weighted by Crippen LogP contribution is 2.21. The molecule has 0 aliphatic heterocycles. The third kappa shape index (κ3) is 2.82. The number of thioether (sulfide) groups is 1. The molecule has 92 valence electrons. The Kier molecular flexibility index (Phi) is 3.72. The maximum absolute atomic E-state index is 12.4. The van der Waals surface area contributed by atoms with Gasteiger partial charge in [0.25, 0.3) is 6.43 Å². The van der Waals surface area contributed by atoms with Crippen LogP contribution in [0.25, 0.3) is 0 Å². The number of imidazole rings is 1. The number of halogens is 2. The summed E-state index contributed by atoms with van der Waals surface area (Å²) in [7, 11) is 1.54. The molecule has 2 rings (SSSR count). The molecule has 0 aliphatic rings. The second-order valence-corrected chi connectivity index (χ2v) is 4.41. The van der Waals surface area contributed by atoms with Crippen LogP contribution in [-0.2, 0) is 13.6 Å². The number of hydrogen-bond acceptors (Lipinski definition) is 4. The van der Waals surface area contributed by atoms with Crippen LogP contribution in [-0.4, -0.2) is 30.1 Å². The summed E-state index contributed by atoms with van der Waals surface area (Å²) in [5, 5.41) is 7.68. The van der Waals surface area contributed by atoms with Gasteiger partial charge in [-0.25, -0.2) is 13.8 Å². The fourth-order valence-corrected chi connectivity index (χ4v) is 2.17. The third-order valence-electron chi connectivity index (χ3n) is 2.20. The molecule has 0 aliphatic carbocycles. The van der Waals surface area contributed by atoms with E-state index in [9.17, 15) is 8.78 Å². The Bertz CT molecular complexity index is 468. The first-order valence-corrected chi connectivity index (χ1v) is 5.93. The molecule has 0 saturated heterocycles. The van der Waals surface area contributed by atoms with Gasteiger partial charge in [-0.3, -0.25) is 0 Å². The molecule has 0 aromatic carbocycles. The molecule has 0 radical (unpaired) electrons. The monoisotopic (exact) mass is 259 g/mol. The Morgan fingerprint density at radius 2 is 2.24 bits per heavy atom. The molecule has 0 bridgehead atoms. The van der Waals surface area contributed by atoms with Crippen molar-refractivity contribution in [1.29, 1.82) is 0 Å². The first kappa shape index (κ1) is 12.0. The van der Waals surface area contributed by atoms with E-state index in [1.54, 1.807) is 19.6 Å². The molecule has 0 spiro atoms. The molecule has 2 aromatic rings. The Balaban J connectivity index is 1.91. The van der Waals surface area contributed by atoms with Gasteiger partial charge in [0.1, 0.15) is 0 Å². The van der Waals surface area contributed by atoms with Gasteiger partial charge < -0.3 is 9.13 Å². The second kappa shape index (κ2) is 5.26. The number of aromatic nitrogens is 5. The summed E-state index contributed by atoms with van der Waals surface area (Å²) in [4.78, 5) is 3.91. The lowest BCUT2D eigenvalue weighted by molar-refractivity contribution is 0.135. The smallest absolute Gasteiger partial charge is 0.297 e. The quantitative estimate of drug-likeness (QED) is 0.767. The molecular weight excluding hydrogens is 248 g/mol. The summed E-state index contributed by atoms with van der Waals surface area (Å²) >= 11 is 1.39. The van der Waals surface area contributed by atoms with E-state index in [0.717, 1.165) is 12.3 Å². The molecule has 2 aromatic heterocycles. The highest BCUT2D eigenvalue weighted by atomic mass is 32.2. The van der Waals surface area contributed by atoms with Crippen LogP contribution in [0.4, 0.5) is 8.78 Å².